The number of carboxylic acid groups (broad SMARTS) is 1. The van der Waals surface area contributed by atoms with Crippen LogP contribution in [0.25, 0.3) is 11.2 Å². The summed E-state index contributed by atoms with van der Waals surface area (Å²) in [4.78, 5) is 62.1. The van der Waals surface area contributed by atoms with Crippen molar-refractivity contribution in [3.63, 3.8) is 0 Å². The summed E-state index contributed by atoms with van der Waals surface area (Å²) < 4.78 is 15.8. The van der Waals surface area contributed by atoms with Gasteiger partial charge in [0, 0.05) is 25.4 Å². The number of aromatic amines is 1. The maximum atomic E-state index is 14.5. The minimum Gasteiger partial charge on any atom is -0.465 e. The highest BCUT2D eigenvalue weighted by Crippen LogP contribution is 2.21. The Bertz CT molecular complexity index is 1490. The van der Waals surface area contributed by atoms with Gasteiger partial charge in [0.1, 0.15) is 23.4 Å². The van der Waals surface area contributed by atoms with E-state index in [2.05, 4.69) is 25.6 Å². The number of amides is 3. The topological polar surface area (TPSA) is 162 Å². The molecule has 0 aliphatic carbocycles. The summed E-state index contributed by atoms with van der Waals surface area (Å²) in [6.45, 7) is 5.68. The lowest BCUT2D eigenvalue weighted by molar-refractivity contribution is -0.123. The zero-order chi connectivity index (χ0) is 29.6. The van der Waals surface area contributed by atoms with Crippen molar-refractivity contribution in [3.8, 4) is 0 Å². The van der Waals surface area contributed by atoms with Crippen LogP contribution in [0.3, 0.4) is 0 Å². The van der Waals surface area contributed by atoms with Gasteiger partial charge in [0.15, 0.2) is 5.65 Å². The summed E-state index contributed by atoms with van der Waals surface area (Å²) in [6.07, 6.45) is 3.41. The summed E-state index contributed by atoms with van der Waals surface area (Å²) in [5.74, 6) is -0.805. The maximum Gasteiger partial charge on any atom is 0.405 e. The Morgan fingerprint density at radius 2 is 1.98 bits per heavy atom. The third-order valence-corrected chi connectivity index (χ3v) is 6.13. The smallest absolute Gasteiger partial charge is 0.405 e. The van der Waals surface area contributed by atoms with Gasteiger partial charge in [0.05, 0.1) is 18.3 Å². The number of nitrogens with one attached hydrogen (secondary N) is 3. The van der Waals surface area contributed by atoms with E-state index in [1.165, 1.54) is 21.6 Å². The number of pyridine rings is 2. The Balaban J connectivity index is 1.82. The van der Waals surface area contributed by atoms with Crippen LogP contribution in [0.5, 0.6) is 0 Å². The molecule has 0 aromatic carbocycles. The highest BCUT2D eigenvalue weighted by atomic mass is 19.1. The minimum absolute atomic E-state index is 0.00891. The van der Waals surface area contributed by atoms with Crippen molar-refractivity contribution in [2.24, 2.45) is 5.92 Å². The fraction of sp³-hybridized carbons (Fsp3) is 0.407. The quantitative estimate of drug-likeness (QED) is 0.264. The molecule has 1 atom stereocenters. The first-order valence-electron chi connectivity index (χ1n) is 12.8. The van der Waals surface area contributed by atoms with Crippen molar-refractivity contribution in [1.82, 2.24) is 29.7 Å². The van der Waals surface area contributed by atoms with Gasteiger partial charge in [0.2, 0.25) is 11.8 Å². The number of carbonyl (C=O) groups excluding carboxylic acids is 2. The Morgan fingerprint density at radius 1 is 1.25 bits per heavy atom. The summed E-state index contributed by atoms with van der Waals surface area (Å²) >= 11 is 0. The van der Waals surface area contributed by atoms with Crippen molar-refractivity contribution in [1.29, 1.82) is 0 Å². The van der Waals surface area contributed by atoms with E-state index < -0.39 is 29.4 Å². The van der Waals surface area contributed by atoms with Gasteiger partial charge in [-0.15, -0.1) is 0 Å². The van der Waals surface area contributed by atoms with Crippen LogP contribution in [0.2, 0.25) is 0 Å². The number of hydrogen-bond acceptors (Lipinski definition) is 6. The Kier molecular flexibility index (Phi) is 9.75. The molecule has 0 spiro atoms. The van der Waals surface area contributed by atoms with Crippen molar-refractivity contribution in [3.05, 3.63) is 63.7 Å². The number of anilines is 1. The molecule has 1 unspecified atom stereocenters. The first-order chi connectivity index (χ1) is 18.9. The summed E-state index contributed by atoms with van der Waals surface area (Å²) in [5, 5.41) is 13.8. The molecule has 0 aliphatic heterocycles. The van der Waals surface area contributed by atoms with Crippen LogP contribution < -0.4 is 16.2 Å². The lowest BCUT2D eigenvalue weighted by Crippen LogP contribution is -2.44. The number of carbonyl (C=O) groups is 3. The number of nitrogens with zero attached hydrogens (tertiary/aromatic N) is 4. The number of hydrogen-bond donors (Lipinski definition) is 4. The van der Waals surface area contributed by atoms with E-state index in [9.17, 15) is 28.7 Å². The summed E-state index contributed by atoms with van der Waals surface area (Å²) in [5.41, 5.74) is 1.30. The van der Waals surface area contributed by atoms with E-state index in [0.717, 1.165) is 6.20 Å². The Hall–Kier alpha value is -4.55. The predicted molar refractivity (Wildman–Crippen MR) is 148 cm³/mol. The van der Waals surface area contributed by atoms with E-state index in [1.807, 2.05) is 13.8 Å². The third-order valence-electron chi connectivity index (χ3n) is 6.13. The monoisotopic (exact) mass is 555 g/mol. The highest BCUT2D eigenvalue weighted by Gasteiger charge is 2.22. The van der Waals surface area contributed by atoms with Crippen molar-refractivity contribution >= 4 is 34.8 Å². The number of rotatable bonds is 11. The van der Waals surface area contributed by atoms with E-state index in [1.54, 1.807) is 33.2 Å². The molecule has 3 heterocycles. The molecule has 4 N–H and O–H groups in total. The van der Waals surface area contributed by atoms with E-state index >= 15 is 0 Å². The molecule has 0 bridgehead atoms. The zero-order valence-electron chi connectivity index (χ0n) is 23.1. The van der Waals surface area contributed by atoms with Crippen LogP contribution in [-0.2, 0) is 22.6 Å². The van der Waals surface area contributed by atoms with E-state index in [4.69, 9.17) is 0 Å². The van der Waals surface area contributed by atoms with Crippen LogP contribution in [0, 0.1) is 18.7 Å². The average Bonchev–Trinajstić information content (AvgIpc) is 3.29. The van der Waals surface area contributed by atoms with Gasteiger partial charge in [-0.2, -0.15) is 0 Å². The van der Waals surface area contributed by atoms with Gasteiger partial charge in [0.25, 0.3) is 5.56 Å². The lowest BCUT2D eigenvalue weighted by Gasteiger charge is -2.17. The first kappa shape index (κ1) is 30.0. The molecule has 3 amide bonds. The molecule has 0 aliphatic rings. The zero-order valence-corrected chi connectivity index (χ0v) is 23.1. The number of H-pyrrole nitrogens is 1. The van der Waals surface area contributed by atoms with Gasteiger partial charge >= 0.3 is 6.09 Å². The van der Waals surface area contributed by atoms with Gasteiger partial charge in [-0.1, -0.05) is 19.9 Å². The fourth-order valence-corrected chi connectivity index (χ4v) is 4.06. The number of imidazole rings is 1. The molecular weight excluding hydrogens is 521 g/mol. The molecule has 3 aromatic rings. The summed E-state index contributed by atoms with van der Waals surface area (Å²) in [7, 11) is 3.19. The predicted octanol–water partition coefficient (Wildman–Crippen LogP) is 2.81. The standard InChI is InChI=1S/C27H34FN7O5/c1-15(2)12-17-18(28)13-29-24-23(17)32-21(33-24)14-35-16(3)10-11-20(26(35)38)30-25(37)19(31-27(39)40)8-6-7-9-22(36)34(4)5/h7,9-11,13,15,19,31H,6,8,12,14H2,1-5H3,(H,30,37)(H,39,40)(H,29,32,33). The second kappa shape index (κ2) is 13.0. The molecule has 0 saturated heterocycles. The van der Waals surface area contributed by atoms with Gasteiger partial charge in [-0.25, -0.2) is 19.2 Å². The summed E-state index contributed by atoms with van der Waals surface area (Å²) in [6, 6.07) is 1.91. The Labute approximate surface area is 230 Å². The van der Waals surface area contributed by atoms with E-state index in [-0.39, 0.29) is 36.9 Å². The van der Waals surface area contributed by atoms with Crippen LogP contribution >= 0.6 is 0 Å². The molecule has 0 fully saturated rings. The van der Waals surface area contributed by atoms with Gasteiger partial charge < -0.3 is 30.2 Å². The van der Waals surface area contributed by atoms with Crippen LogP contribution in [0.4, 0.5) is 14.9 Å². The fourth-order valence-electron chi connectivity index (χ4n) is 4.06. The number of likely N-dealkylation sites (N-methyl/N-ethyl adjacent to an activating group) is 1. The SMILES string of the molecule is Cc1ccc(NC(=O)C(CCC=CC(=O)N(C)C)NC(=O)O)c(=O)n1Cc1nc2ncc(F)c(CC(C)C)c2[nH]1. The molecular formula is C27H34FN7O5. The number of fused-ring (bicyclic) bond motifs is 1. The van der Waals surface area contributed by atoms with Crippen molar-refractivity contribution in [2.75, 3.05) is 19.4 Å². The number of allylic oxidation sites excluding steroid dienone is 1. The number of aromatic nitrogens is 4. The van der Waals surface area contributed by atoms with E-state index in [0.29, 0.717) is 34.7 Å². The minimum atomic E-state index is -1.40. The van der Waals surface area contributed by atoms with Crippen molar-refractivity contribution < 1.29 is 23.9 Å². The van der Waals surface area contributed by atoms with Gasteiger partial charge in [-0.05, 0) is 50.3 Å². The maximum absolute atomic E-state index is 14.5. The molecule has 12 nitrogen and oxygen atoms in total. The second-order valence-electron chi connectivity index (χ2n) is 10.0. The Morgan fingerprint density at radius 3 is 2.62 bits per heavy atom. The molecule has 0 saturated carbocycles. The van der Waals surface area contributed by atoms with Crippen LogP contribution in [0.1, 0.15) is 43.8 Å². The largest absolute Gasteiger partial charge is 0.465 e. The van der Waals surface area contributed by atoms with Crippen molar-refractivity contribution in [2.45, 2.75) is 52.6 Å². The van der Waals surface area contributed by atoms with Gasteiger partial charge in [-0.3, -0.25) is 14.4 Å². The normalized spacial score (nSPS) is 12.2. The second-order valence-corrected chi connectivity index (χ2v) is 10.0. The third kappa shape index (κ3) is 7.52. The molecule has 3 aromatic heterocycles. The molecule has 40 heavy (non-hydrogen) atoms. The van der Waals surface area contributed by atoms with Crippen LogP contribution in [-0.4, -0.2) is 67.6 Å². The highest BCUT2D eigenvalue weighted by molar-refractivity contribution is 5.96. The molecule has 214 valence electrons. The lowest BCUT2D eigenvalue weighted by atomic mass is 10.0. The number of halogens is 1. The average molecular weight is 556 g/mol. The number of aryl methyl sites for hydroxylation is 1. The molecule has 3 rings (SSSR count). The van der Waals surface area contributed by atoms with Crippen LogP contribution in [0.15, 0.2) is 35.3 Å². The molecule has 13 heteroatoms. The first-order valence-corrected chi connectivity index (χ1v) is 12.8. The molecule has 0 radical (unpaired) electrons.